The quantitative estimate of drug-likeness (QED) is 0.543. The number of carbonyl (C=O) groups is 1. The first-order chi connectivity index (χ1) is 6.45. The molecule has 0 aliphatic carbocycles. The van der Waals surface area contributed by atoms with Crippen molar-refractivity contribution in [3.63, 3.8) is 0 Å². The van der Waals surface area contributed by atoms with E-state index >= 15 is 0 Å². The molecular weight excluding hydrogens is 244 g/mol. The monoisotopic (exact) mass is 264 g/mol. The van der Waals surface area contributed by atoms with Crippen molar-refractivity contribution in [3.05, 3.63) is 0 Å². The molecule has 0 unspecified atom stereocenters. The first kappa shape index (κ1) is 13.9. The fraction of sp³-hybridized carbons (Fsp3) is 0.909. The normalized spacial score (nSPS) is 11.4. The molecule has 0 amide bonds. The van der Waals surface area contributed by atoms with Crippen LogP contribution in [0.3, 0.4) is 0 Å². The molecular formula is C11H21BrO2. The van der Waals surface area contributed by atoms with E-state index in [2.05, 4.69) is 43.6 Å². The molecule has 0 aliphatic heterocycles. The van der Waals surface area contributed by atoms with E-state index < -0.39 is 0 Å². The molecule has 0 fully saturated rings. The predicted molar refractivity (Wildman–Crippen MR) is 62.6 cm³/mol. The van der Waals surface area contributed by atoms with Crippen LogP contribution in [0.4, 0.5) is 0 Å². The van der Waals surface area contributed by atoms with Gasteiger partial charge in [-0.25, -0.2) is 0 Å². The van der Waals surface area contributed by atoms with E-state index in [9.17, 15) is 4.79 Å². The molecule has 0 bridgehead atoms. The summed E-state index contributed by atoms with van der Waals surface area (Å²) in [5.41, 5.74) is 0. The molecule has 0 heterocycles. The van der Waals surface area contributed by atoms with Crippen molar-refractivity contribution in [3.8, 4) is 0 Å². The van der Waals surface area contributed by atoms with Crippen LogP contribution in [0.25, 0.3) is 0 Å². The molecule has 14 heavy (non-hydrogen) atoms. The first-order valence-electron chi connectivity index (χ1n) is 5.21. The van der Waals surface area contributed by atoms with Gasteiger partial charge >= 0.3 is 5.97 Å². The summed E-state index contributed by atoms with van der Waals surface area (Å²) in [6.45, 7) is 8.59. The summed E-state index contributed by atoms with van der Waals surface area (Å²) >= 11 is 3.10. The van der Waals surface area contributed by atoms with Gasteiger partial charge in [-0.15, -0.1) is 0 Å². The smallest absolute Gasteiger partial charge is 0.316 e. The van der Waals surface area contributed by atoms with Gasteiger partial charge in [0.05, 0.1) is 0 Å². The Morgan fingerprint density at radius 2 is 1.57 bits per heavy atom. The second-order valence-corrected chi connectivity index (χ2v) is 5.07. The van der Waals surface area contributed by atoms with Crippen LogP contribution in [-0.4, -0.2) is 17.4 Å². The van der Waals surface area contributed by atoms with E-state index in [4.69, 9.17) is 4.74 Å². The molecule has 0 aromatic heterocycles. The number of alkyl halides is 1. The molecule has 2 nitrogen and oxygen atoms in total. The van der Waals surface area contributed by atoms with Crippen LogP contribution in [-0.2, 0) is 9.53 Å². The van der Waals surface area contributed by atoms with Crippen LogP contribution in [0, 0.1) is 11.8 Å². The van der Waals surface area contributed by atoms with Crippen molar-refractivity contribution in [2.24, 2.45) is 11.8 Å². The summed E-state index contributed by atoms with van der Waals surface area (Å²) < 4.78 is 5.34. The predicted octanol–water partition coefficient (Wildman–Crippen LogP) is 3.39. The lowest BCUT2D eigenvalue weighted by Gasteiger charge is -2.20. The summed E-state index contributed by atoms with van der Waals surface area (Å²) in [4.78, 5) is 11.1. The Hall–Kier alpha value is -0.0500. The SMILES string of the molecule is CC(C)CC(CC(C)C)OC(=O)CBr. The fourth-order valence-electron chi connectivity index (χ4n) is 1.46. The van der Waals surface area contributed by atoms with Crippen molar-refractivity contribution in [1.29, 1.82) is 0 Å². The highest BCUT2D eigenvalue weighted by atomic mass is 79.9. The number of esters is 1. The van der Waals surface area contributed by atoms with Crippen LogP contribution >= 0.6 is 15.9 Å². The average Bonchev–Trinajstić information content (AvgIpc) is 2.01. The molecule has 84 valence electrons. The second-order valence-electron chi connectivity index (χ2n) is 4.50. The van der Waals surface area contributed by atoms with Gasteiger partial charge in [-0.1, -0.05) is 43.6 Å². The minimum atomic E-state index is -0.156. The maximum absolute atomic E-state index is 11.1. The van der Waals surface area contributed by atoms with E-state index in [-0.39, 0.29) is 12.1 Å². The summed E-state index contributed by atoms with van der Waals surface area (Å²) in [5, 5.41) is 0.291. The van der Waals surface area contributed by atoms with Crippen molar-refractivity contribution in [2.75, 3.05) is 5.33 Å². The Kier molecular flexibility index (Phi) is 7.24. The lowest BCUT2D eigenvalue weighted by Crippen LogP contribution is -2.22. The lowest BCUT2D eigenvalue weighted by atomic mass is 9.98. The number of ether oxygens (including phenoxy) is 1. The van der Waals surface area contributed by atoms with Crippen LogP contribution in [0.5, 0.6) is 0 Å². The maximum atomic E-state index is 11.1. The number of hydrogen-bond donors (Lipinski definition) is 0. The van der Waals surface area contributed by atoms with Gasteiger partial charge in [0.1, 0.15) is 11.4 Å². The van der Waals surface area contributed by atoms with Gasteiger partial charge in [0.2, 0.25) is 0 Å². The summed E-state index contributed by atoms with van der Waals surface area (Å²) in [5.74, 6) is 0.986. The minimum absolute atomic E-state index is 0.0834. The topological polar surface area (TPSA) is 26.3 Å². The molecule has 0 aliphatic rings. The van der Waals surface area contributed by atoms with Crippen LogP contribution in [0.1, 0.15) is 40.5 Å². The zero-order valence-corrected chi connectivity index (χ0v) is 11.1. The highest BCUT2D eigenvalue weighted by Gasteiger charge is 2.16. The molecule has 3 heteroatoms. The zero-order chi connectivity index (χ0) is 11.1. The van der Waals surface area contributed by atoms with E-state index in [1.165, 1.54) is 0 Å². The van der Waals surface area contributed by atoms with Gasteiger partial charge < -0.3 is 4.74 Å². The van der Waals surface area contributed by atoms with Crippen molar-refractivity contribution in [2.45, 2.75) is 46.6 Å². The standard InChI is InChI=1S/C11H21BrO2/c1-8(2)5-10(6-9(3)4)14-11(13)7-12/h8-10H,5-7H2,1-4H3. The van der Waals surface area contributed by atoms with Crippen molar-refractivity contribution < 1.29 is 9.53 Å². The van der Waals surface area contributed by atoms with Crippen LogP contribution in [0.15, 0.2) is 0 Å². The Bertz CT molecular complexity index is 157. The molecule has 0 saturated carbocycles. The van der Waals surface area contributed by atoms with Gasteiger partial charge in [-0.2, -0.15) is 0 Å². The molecule has 0 aromatic rings. The van der Waals surface area contributed by atoms with Crippen molar-refractivity contribution in [1.82, 2.24) is 0 Å². The van der Waals surface area contributed by atoms with E-state index in [1.54, 1.807) is 0 Å². The fourth-order valence-corrected chi connectivity index (χ4v) is 1.59. The lowest BCUT2D eigenvalue weighted by molar-refractivity contribution is -0.147. The molecule has 0 rings (SSSR count). The van der Waals surface area contributed by atoms with E-state index in [1.807, 2.05) is 0 Å². The maximum Gasteiger partial charge on any atom is 0.316 e. The highest BCUT2D eigenvalue weighted by Crippen LogP contribution is 2.16. The Morgan fingerprint density at radius 1 is 1.14 bits per heavy atom. The molecule has 0 atom stereocenters. The number of carbonyl (C=O) groups excluding carboxylic acids is 1. The highest BCUT2D eigenvalue weighted by molar-refractivity contribution is 9.09. The van der Waals surface area contributed by atoms with E-state index in [0.29, 0.717) is 17.2 Å². The molecule has 0 aromatic carbocycles. The number of hydrogen-bond acceptors (Lipinski definition) is 2. The largest absolute Gasteiger partial charge is 0.462 e. The van der Waals surface area contributed by atoms with Crippen LogP contribution < -0.4 is 0 Å². The average molecular weight is 265 g/mol. The third-order valence-electron chi connectivity index (χ3n) is 1.88. The van der Waals surface area contributed by atoms with Gasteiger partial charge in [0.25, 0.3) is 0 Å². The zero-order valence-electron chi connectivity index (χ0n) is 9.55. The Morgan fingerprint density at radius 3 is 1.86 bits per heavy atom. The molecule has 0 saturated heterocycles. The molecule has 0 radical (unpaired) electrons. The van der Waals surface area contributed by atoms with Gasteiger partial charge in [0, 0.05) is 0 Å². The first-order valence-corrected chi connectivity index (χ1v) is 6.33. The number of halogens is 1. The molecule has 0 spiro atoms. The molecule has 0 N–H and O–H groups in total. The Balaban J connectivity index is 4.03. The van der Waals surface area contributed by atoms with Crippen LogP contribution in [0.2, 0.25) is 0 Å². The Labute approximate surface area is 95.5 Å². The summed E-state index contributed by atoms with van der Waals surface area (Å²) in [6.07, 6.45) is 1.99. The van der Waals surface area contributed by atoms with E-state index in [0.717, 1.165) is 12.8 Å². The number of rotatable bonds is 6. The third-order valence-corrected chi connectivity index (χ3v) is 2.33. The van der Waals surface area contributed by atoms with Gasteiger partial charge in [0.15, 0.2) is 0 Å². The third kappa shape index (κ3) is 7.36. The summed E-state index contributed by atoms with van der Waals surface area (Å²) in [7, 11) is 0. The van der Waals surface area contributed by atoms with Gasteiger partial charge in [-0.3, -0.25) is 4.79 Å². The minimum Gasteiger partial charge on any atom is -0.462 e. The second kappa shape index (κ2) is 7.27. The van der Waals surface area contributed by atoms with Gasteiger partial charge in [-0.05, 0) is 24.7 Å². The van der Waals surface area contributed by atoms with Crippen molar-refractivity contribution >= 4 is 21.9 Å². The summed E-state index contributed by atoms with van der Waals surface area (Å²) in [6, 6.07) is 0.